The molecule has 0 spiro atoms. The van der Waals surface area contributed by atoms with Gasteiger partial charge in [0, 0.05) is 18.8 Å². The number of amides is 2. The van der Waals surface area contributed by atoms with Crippen molar-refractivity contribution in [2.24, 2.45) is 0 Å². The summed E-state index contributed by atoms with van der Waals surface area (Å²) in [6.45, 7) is 2.81. The molecule has 0 aliphatic heterocycles. The molecule has 6 nitrogen and oxygen atoms in total. The fourth-order valence-electron chi connectivity index (χ4n) is 0.892. The molecule has 0 aliphatic rings. The zero-order chi connectivity index (χ0) is 11.7. The minimum atomic E-state index is -4.16. The molecular weight excluding hydrogens is 220 g/mol. The molecule has 0 aromatic carbocycles. The van der Waals surface area contributed by atoms with E-state index in [9.17, 15) is 17.8 Å². The molecule has 0 saturated carbocycles. The summed E-state index contributed by atoms with van der Waals surface area (Å²) in [4.78, 5) is 11.0. The largest absolute Gasteiger partial charge is 0.748 e. The van der Waals surface area contributed by atoms with E-state index < -0.39 is 15.9 Å². The normalized spacial score (nSPS) is 11.1. The third kappa shape index (κ3) is 11.1. The fourth-order valence-corrected chi connectivity index (χ4v) is 1.39. The third-order valence-electron chi connectivity index (χ3n) is 1.67. The van der Waals surface area contributed by atoms with Crippen LogP contribution in [0.4, 0.5) is 4.79 Å². The number of hydrogen-bond acceptors (Lipinski definition) is 4. The maximum absolute atomic E-state index is 11.0. The summed E-state index contributed by atoms with van der Waals surface area (Å²) in [6, 6.07) is -0.327. The van der Waals surface area contributed by atoms with Crippen LogP contribution >= 0.6 is 0 Å². The van der Waals surface area contributed by atoms with Crippen LogP contribution in [-0.4, -0.2) is 37.8 Å². The molecule has 0 aliphatic carbocycles. The van der Waals surface area contributed by atoms with Gasteiger partial charge in [0.1, 0.15) is 0 Å². The molecule has 0 aromatic heterocycles. The smallest absolute Gasteiger partial charge is 0.314 e. The van der Waals surface area contributed by atoms with Gasteiger partial charge in [-0.2, -0.15) is 0 Å². The summed E-state index contributed by atoms with van der Waals surface area (Å²) in [5, 5.41) is 5.06. The van der Waals surface area contributed by atoms with Crippen LogP contribution in [0.2, 0.25) is 0 Å². The van der Waals surface area contributed by atoms with Gasteiger partial charge in [0.05, 0.1) is 10.1 Å². The third-order valence-corrected chi connectivity index (χ3v) is 2.46. The average Bonchev–Trinajstić information content (AvgIpc) is 2.11. The molecule has 7 heteroatoms. The number of unbranched alkanes of at least 4 members (excludes halogenated alkanes) is 1. The summed E-state index contributed by atoms with van der Waals surface area (Å²) in [5.74, 6) is -0.442. The molecule has 0 rings (SSSR count). The lowest BCUT2D eigenvalue weighted by molar-refractivity contribution is 0.240. The molecule has 90 valence electrons. The van der Waals surface area contributed by atoms with Crippen LogP contribution in [0.15, 0.2) is 0 Å². The Kier molecular flexibility index (Phi) is 7.06. The minimum Gasteiger partial charge on any atom is -0.748 e. The molecule has 0 bridgehead atoms. The lowest BCUT2D eigenvalue weighted by atomic mass is 10.3. The van der Waals surface area contributed by atoms with E-state index in [2.05, 4.69) is 10.6 Å². The first-order chi connectivity index (χ1) is 6.95. The second-order valence-electron chi connectivity index (χ2n) is 3.15. The molecule has 0 radical (unpaired) electrons. The Morgan fingerprint density at radius 3 is 2.20 bits per heavy atom. The van der Waals surface area contributed by atoms with E-state index in [0.29, 0.717) is 6.54 Å². The standard InChI is InChI=1S/C8H18N2O4S/c1-2-3-5-9-8(11)10-6-4-7-15(12,13)14/h2-7H2,1H3,(H2,9,10,11)(H,12,13,14)/p-1. The SMILES string of the molecule is CCCCNC(=O)NCCCS(=O)(=O)[O-]. The molecule has 0 fully saturated rings. The predicted octanol–water partition coefficient (Wildman–Crippen LogP) is 0.0210. The van der Waals surface area contributed by atoms with Gasteiger partial charge in [-0.15, -0.1) is 0 Å². The van der Waals surface area contributed by atoms with Crippen molar-refractivity contribution in [1.29, 1.82) is 0 Å². The number of rotatable bonds is 7. The molecule has 0 heterocycles. The van der Waals surface area contributed by atoms with Gasteiger partial charge in [-0.05, 0) is 12.8 Å². The van der Waals surface area contributed by atoms with Crippen molar-refractivity contribution in [3.05, 3.63) is 0 Å². The predicted molar refractivity (Wildman–Crippen MR) is 55.5 cm³/mol. The molecule has 0 unspecified atom stereocenters. The number of carbonyl (C=O) groups excluding carboxylic acids is 1. The van der Waals surface area contributed by atoms with Gasteiger partial charge < -0.3 is 15.2 Å². The van der Waals surface area contributed by atoms with E-state index in [1.807, 2.05) is 6.92 Å². The van der Waals surface area contributed by atoms with Gasteiger partial charge in [-0.1, -0.05) is 13.3 Å². The van der Waals surface area contributed by atoms with Crippen LogP contribution in [0.5, 0.6) is 0 Å². The number of hydrogen-bond donors (Lipinski definition) is 2. The highest BCUT2D eigenvalue weighted by molar-refractivity contribution is 7.85. The first kappa shape index (κ1) is 14.2. The van der Waals surface area contributed by atoms with E-state index >= 15 is 0 Å². The minimum absolute atomic E-state index is 0.146. The van der Waals surface area contributed by atoms with Crippen molar-refractivity contribution in [3.63, 3.8) is 0 Å². The van der Waals surface area contributed by atoms with Gasteiger partial charge in [0.25, 0.3) is 0 Å². The second-order valence-corrected chi connectivity index (χ2v) is 4.68. The first-order valence-electron chi connectivity index (χ1n) is 4.91. The maximum Gasteiger partial charge on any atom is 0.314 e. The van der Waals surface area contributed by atoms with Crippen molar-refractivity contribution < 1.29 is 17.8 Å². The number of urea groups is 1. The van der Waals surface area contributed by atoms with Gasteiger partial charge in [-0.3, -0.25) is 0 Å². The van der Waals surface area contributed by atoms with Crippen LogP contribution in [0.3, 0.4) is 0 Å². The van der Waals surface area contributed by atoms with E-state index in [1.54, 1.807) is 0 Å². The summed E-state index contributed by atoms with van der Waals surface area (Å²) < 4.78 is 30.6. The van der Waals surface area contributed by atoms with Crippen molar-refractivity contribution in [2.75, 3.05) is 18.8 Å². The van der Waals surface area contributed by atoms with E-state index in [-0.39, 0.29) is 19.0 Å². The Bertz CT molecular complexity index is 276. The van der Waals surface area contributed by atoms with Crippen LogP contribution in [0, 0.1) is 0 Å². The maximum atomic E-state index is 11.0. The topological polar surface area (TPSA) is 98.3 Å². The summed E-state index contributed by atoms with van der Waals surface area (Å²) in [5.41, 5.74) is 0. The summed E-state index contributed by atoms with van der Waals surface area (Å²) in [6.07, 6.45) is 2.05. The van der Waals surface area contributed by atoms with Crippen LogP contribution < -0.4 is 10.6 Å². The highest BCUT2D eigenvalue weighted by Crippen LogP contribution is 1.86. The van der Waals surface area contributed by atoms with E-state index in [0.717, 1.165) is 12.8 Å². The van der Waals surface area contributed by atoms with Crippen molar-refractivity contribution >= 4 is 16.1 Å². The van der Waals surface area contributed by atoms with Crippen molar-refractivity contribution in [1.82, 2.24) is 10.6 Å². The Labute approximate surface area is 90.2 Å². The molecule has 0 saturated heterocycles. The van der Waals surface area contributed by atoms with Gasteiger partial charge in [-0.25, -0.2) is 13.2 Å². The van der Waals surface area contributed by atoms with E-state index in [1.165, 1.54) is 0 Å². The van der Waals surface area contributed by atoms with E-state index in [4.69, 9.17) is 0 Å². The highest BCUT2D eigenvalue weighted by Gasteiger charge is 1.99. The first-order valence-corrected chi connectivity index (χ1v) is 6.48. The lowest BCUT2D eigenvalue weighted by Gasteiger charge is -2.08. The Morgan fingerprint density at radius 2 is 1.73 bits per heavy atom. The van der Waals surface area contributed by atoms with Gasteiger partial charge in [0.15, 0.2) is 0 Å². The monoisotopic (exact) mass is 237 g/mol. The molecule has 0 aromatic rings. The lowest BCUT2D eigenvalue weighted by Crippen LogP contribution is -2.36. The van der Waals surface area contributed by atoms with Crippen molar-refractivity contribution in [3.8, 4) is 0 Å². The van der Waals surface area contributed by atoms with Crippen LogP contribution in [0.1, 0.15) is 26.2 Å². The zero-order valence-electron chi connectivity index (χ0n) is 8.78. The second kappa shape index (κ2) is 7.47. The quantitative estimate of drug-likeness (QED) is 0.481. The molecule has 0 atom stereocenters. The number of nitrogens with one attached hydrogen (secondary N) is 2. The summed E-state index contributed by atoms with van der Waals surface area (Å²) in [7, 11) is -4.16. The molecule has 15 heavy (non-hydrogen) atoms. The Morgan fingerprint density at radius 1 is 1.20 bits per heavy atom. The Balaban J connectivity index is 3.39. The average molecular weight is 237 g/mol. The van der Waals surface area contributed by atoms with Gasteiger partial charge in [0.2, 0.25) is 0 Å². The molecule has 2 amide bonds. The van der Waals surface area contributed by atoms with Crippen LogP contribution in [-0.2, 0) is 10.1 Å². The van der Waals surface area contributed by atoms with Gasteiger partial charge >= 0.3 is 6.03 Å². The molecule has 2 N–H and O–H groups in total. The van der Waals surface area contributed by atoms with Crippen molar-refractivity contribution in [2.45, 2.75) is 26.2 Å². The number of carbonyl (C=O) groups is 1. The molecular formula is C8H17N2O4S-. The zero-order valence-corrected chi connectivity index (χ0v) is 9.60. The summed E-state index contributed by atoms with van der Waals surface area (Å²) >= 11 is 0. The van der Waals surface area contributed by atoms with Crippen LogP contribution in [0.25, 0.3) is 0 Å². The Hall–Kier alpha value is -0.820. The highest BCUT2D eigenvalue weighted by atomic mass is 32.2. The fraction of sp³-hybridized carbons (Fsp3) is 0.875.